The van der Waals surface area contributed by atoms with Crippen molar-refractivity contribution < 1.29 is 18.7 Å². The molecule has 0 unspecified atom stereocenters. The van der Waals surface area contributed by atoms with Crippen LogP contribution in [0.15, 0.2) is 59.0 Å². The van der Waals surface area contributed by atoms with Crippen LogP contribution in [0.1, 0.15) is 16.1 Å². The maximum atomic E-state index is 13.2. The van der Waals surface area contributed by atoms with Crippen molar-refractivity contribution in [1.29, 1.82) is 0 Å². The van der Waals surface area contributed by atoms with Crippen LogP contribution in [-0.2, 0) is 6.61 Å². The van der Waals surface area contributed by atoms with Crippen LogP contribution in [0.5, 0.6) is 0 Å². The van der Waals surface area contributed by atoms with Gasteiger partial charge in [-0.15, -0.1) is 0 Å². The quantitative estimate of drug-likeness (QED) is 0.732. The summed E-state index contributed by atoms with van der Waals surface area (Å²) in [6, 6.07) is 13.8. The predicted octanol–water partition coefficient (Wildman–Crippen LogP) is 4.48. The number of anilines is 1. The smallest absolute Gasteiger partial charge is 0.255 e. The van der Waals surface area contributed by atoms with E-state index in [4.69, 9.17) is 21.1 Å². The van der Waals surface area contributed by atoms with E-state index in [1.54, 1.807) is 30.3 Å². The Labute approximate surface area is 142 Å². The number of hydrogen-bond acceptors (Lipinski definition) is 3. The molecule has 0 aliphatic carbocycles. The molecule has 1 amide bonds. The van der Waals surface area contributed by atoms with E-state index in [0.717, 1.165) is 6.07 Å². The molecule has 0 spiro atoms. The highest BCUT2D eigenvalue weighted by atomic mass is 35.5. The first kappa shape index (κ1) is 16.2. The molecule has 0 atom stereocenters. The molecule has 1 heterocycles. The number of carbonyl (C=O) groups excluding carboxylic acids is 1. The van der Waals surface area contributed by atoms with Gasteiger partial charge in [-0.1, -0.05) is 17.7 Å². The molecular formula is C18H13ClFNO3. The Morgan fingerprint density at radius 2 is 2.00 bits per heavy atom. The number of benzene rings is 2. The average molecular weight is 346 g/mol. The monoisotopic (exact) mass is 345 g/mol. The van der Waals surface area contributed by atoms with Crippen molar-refractivity contribution in [3.63, 3.8) is 0 Å². The first-order valence-electron chi connectivity index (χ1n) is 7.13. The van der Waals surface area contributed by atoms with Gasteiger partial charge in [0.15, 0.2) is 0 Å². The van der Waals surface area contributed by atoms with Gasteiger partial charge in [0, 0.05) is 11.1 Å². The Morgan fingerprint density at radius 1 is 1.17 bits per heavy atom. The Balaban J connectivity index is 1.87. The van der Waals surface area contributed by atoms with Crippen molar-refractivity contribution in [2.24, 2.45) is 0 Å². The normalized spacial score (nSPS) is 10.6. The third-order valence-electron chi connectivity index (χ3n) is 3.40. The number of halogens is 2. The summed E-state index contributed by atoms with van der Waals surface area (Å²) in [5.41, 5.74) is 1.26. The molecule has 0 aliphatic heterocycles. The lowest BCUT2D eigenvalue weighted by Gasteiger charge is -2.09. The summed E-state index contributed by atoms with van der Waals surface area (Å²) >= 11 is 6.12. The van der Waals surface area contributed by atoms with Gasteiger partial charge in [0.25, 0.3) is 5.91 Å². The molecule has 0 saturated heterocycles. The maximum Gasteiger partial charge on any atom is 0.255 e. The number of carbonyl (C=O) groups is 1. The minimum absolute atomic E-state index is 0.192. The topological polar surface area (TPSA) is 62.5 Å². The van der Waals surface area contributed by atoms with Gasteiger partial charge in [0.05, 0.1) is 10.7 Å². The van der Waals surface area contributed by atoms with Crippen molar-refractivity contribution in [2.75, 3.05) is 5.32 Å². The van der Waals surface area contributed by atoms with Gasteiger partial charge >= 0.3 is 0 Å². The molecule has 0 radical (unpaired) electrons. The Kier molecular flexibility index (Phi) is 4.64. The summed E-state index contributed by atoms with van der Waals surface area (Å²) in [5.74, 6) is 0.0147. The molecule has 2 aromatic carbocycles. The summed E-state index contributed by atoms with van der Waals surface area (Å²) in [4.78, 5) is 12.2. The summed E-state index contributed by atoms with van der Waals surface area (Å²) in [7, 11) is 0. The molecule has 0 saturated carbocycles. The molecule has 122 valence electrons. The van der Waals surface area contributed by atoms with Crippen LogP contribution in [0.25, 0.3) is 11.3 Å². The standard InChI is InChI=1S/C18H13ClFNO3/c19-15-6-4-11(17-7-5-14(10-22)24-17)9-16(15)21-18(23)12-2-1-3-13(20)8-12/h1-9,22H,10H2,(H,21,23). The molecule has 2 N–H and O–H groups in total. The molecule has 0 bridgehead atoms. The Morgan fingerprint density at radius 3 is 2.71 bits per heavy atom. The molecule has 0 fully saturated rings. The van der Waals surface area contributed by atoms with E-state index in [1.165, 1.54) is 18.2 Å². The molecule has 1 aromatic heterocycles. The van der Waals surface area contributed by atoms with E-state index in [0.29, 0.717) is 27.8 Å². The molecule has 4 nitrogen and oxygen atoms in total. The van der Waals surface area contributed by atoms with Crippen LogP contribution >= 0.6 is 11.6 Å². The van der Waals surface area contributed by atoms with E-state index in [1.807, 2.05) is 0 Å². The van der Waals surface area contributed by atoms with Gasteiger partial charge < -0.3 is 14.8 Å². The predicted molar refractivity (Wildman–Crippen MR) is 89.4 cm³/mol. The maximum absolute atomic E-state index is 13.2. The zero-order valence-electron chi connectivity index (χ0n) is 12.4. The molecule has 6 heteroatoms. The number of furan rings is 1. The lowest BCUT2D eigenvalue weighted by molar-refractivity contribution is 0.102. The van der Waals surface area contributed by atoms with Crippen LogP contribution < -0.4 is 5.32 Å². The fourth-order valence-electron chi connectivity index (χ4n) is 2.22. The summed E-state index contributed by atoms with van der Waals surface area (Å²) < 4.78 is 18.7. The van der Waals surface area contributed by atoms with Crippen LogP contribution in [0.2, 0.25) is 5.02 Å². The minimum Gasteiger partial charge on any atom is -0.459 e. The number of aliphatic hydroxyl groups is 1. The lowest BCUT2D eigenvalue weighted by Crippen LogP contribution is -2.12. The van der Waals surface area contributed by atoms with Gasteiger partial charge in [-0.25, -0.2) is 4.39 Å². The second-order valence-corrected chi connectivity index (χ2v) is 5.49. The van der Waals surface area contributed by atoms with Gasteiger partial charge in [-0.2, -0.15) is 0 Å². The fourth-order valence-corrected chi connectivity index (χ4v) is 2.38. The second kappa shape index (κ2) is 6.86. The van der Waals surface area contributed by atoms with E-state index < -0.39 is 11.7 Å². The average Bonchev–Trinajstić information content (AvgIpc) is 3.06. The minimum atomic E-state index is -0.491. The van der Waals surface area contributed by atoms with E-state index in [2.05, 4.69) is 5.32 Å². The Hall–Kier alpha value is -2.63. The van der Waals surface area contributed by atoms with E-state index in [-0.39, 0.29) is 12.2 Å². The summed E-state index contributed by atoms with van der Waals surface area (Å²) in [6.07, 6.45) is 0. The largest absolute Gasteiger partial charge is 0.459 e. The number of nitrogens with one attached hydrogen (secondary N) is 1. The lowest BCUT2D eigenvalue weighted by atomic mass is 10.1. The molecular weight excluding hydrogens is 333 g/mol. The van der Waals surface area contributed by atoms with Crippen LogP contribution in [0, 0.1) is 5.82 Å². The van der Waals surface area contributed by atoms with Crippen molar-refractivity contribution in [3.05, 3.63) is 76.8 Å². The van der Waals surface area contributed by atoms with E-state index in [9.17, 15) is 9.18 Å². The third kappa shape index (κ3) is 3.48. The van der Waals surface area contributed by atoms with Crippen molar-refractivity contribution >= 4 is 23.2 Å². The van der Waals surface area contributed by atoms with Crippen molar-refractivity contribution in [1.82, 2.24) is 0 Å². The number of hydrogen-bond donors (Lipinski definition) is 2. The highest BCUT2D eigenvalue weighted by Crippen LogP contribution is 2.30. The van der Waals surface area contributed by atoms with Gasteiger partial charge in [0.2, 0.25) is 0 Å². The number of aliphatic hydroxyl groups excluding tert-OH is 1. The first-order valence-corrected chi connectivity index (χ1v) is 7.51. The summed E-state index contributed by atoms with van der Waals surface area (Å²) in [5, 5.41) is 12.1. The van der Waals surface area contributed by atoms with Crippen molar-refractivity contribution in [3.8, 4) is 11.3 Å². The van der Waals surface area contributed by atoms with Gasteiger partial charge in [0.1, 0.15) is 23.9 Å². The third-order valence-corrected chi connectivity index (χ3v) is 3.73. The first-order chi connectivity index (χ1) is 11.6. The zero-order valence-corrected chi connectivity index (χ0v) is 13.2. The zero-order chi connectivity index (χ0) is 17.1. The molecule has 3 rings (SSSR count). The van der Waals surface area contributed by atoms with Gasteiger partial charge in [-0.3, -0.25) is 4.79 Å². The highest BCUT2D eigenvalue weighted by Gasteiger charge is 2.12. The van der Waals surface area contributed by atoms with E-state index >= 15 is 0 Å². The van der Waals surface area contributed by atoms with Crippen LogP contribution in [-0.4, -0.2) is 11.0 Å². The SMILES string of the molecule is O=C(Nc1cc(-c2ccc(CO)o2)ccc1Cl)c1cccc(F)c1. The molecule has 24 heavy (non-hydrogen) atoms. The number of rotatable bonds is 4. The molecule has 3 aromatic rings. The fraction of sp³-hybridized carbons (Fsp3) is 0.0556. The van der Waals surface area contributed by atoms with Crippen LogP contribution in [0.4, 0.5) is 10.1 Å². The summed E-state index contributed by atoms with van der Waals surface area (Å²) in [6.45, 7) is -0.198. The molecule has 0 aliphatic rings. The number of amides is 1. The highest BCUT2D eigenvalue weighted by molar-refractivity contribution is 6.34. The van der Waals surface area contributed by atoms with Crippen molar-refractivity contribution in [2.45, 2.75) is 6.61 Å². The van der Waals surface area contributed by atoms with Gasteiger partial charge in [-0.05, 0) is 48.5 Å². The Bertz CT molecular complexity index is 891. The van der Waals surface area contributed by atoms with Crippen LogP contribution in [0.3, 0.4) is 0 Å². The second-order valence-electron chi connectivity index (χ2n) is 5.08.